The molecule has 8 heteroatoms. The van der Waals surface area contributed by atoms with Crippen molar-refractivity contribution in [1.82, 2.24) is 20.2 Å². The molecule has 1 aliphatic rings. The van der Waals surface area contributed by atoms with E-state index >= 15 is 0 Å². The lowest BCUT2D eigenvalue weighted by molar-refractivity contribution is -0.136. The van der Waals surface area contributed by atoms with Gasteiger partial charge in [0.2, 0.25) is 5.91 Å². The van der Waals surface area contributed by atoms with Crippen molar-refractivity contribution in [2.45, 2.75) is 44.8 Å². The molecule has 0 aromatic carbocycles. The van der Waals surface area contributed by atoms with E-state index in [0.29, 0.717) is 6.54 Å². The fraction of sp³-hybridized carbons (Fsp3) is 0.647. The standard InChI is InChI=1S/C17H27N5O3/c1-11(21-16(23)14-15(18)20-9-8-19-14)10-22(2)17(24)12-4-6-13(25-3)7-5-12/h8-9,11-13H,4-7,10H2,1-3H3,(H2,18,20)(H,21,23). The number of nitrogens with one attached hydrogen (secondary N) is 1. The minimum atomic E-state index is -0.389. The molecule has 1 heterocycles. The predicted molar refractivity (Wildman–Crippen MR) is 93.8 cm³/mol. The van der Waals surface area contributed by atoms with Crippen molar-refractivity contribution in [2.75, 3.05) is 26.4 Å². The highest BCUT2D eigenvalue weighted by Gasteiger charge is 2.28. The highest BCUT2D eigenvalue weighted by Crippen LogP contribution is 2.27. The molecule has 2 amide bonds. The number of nitrogen functional groups attached to an aromatic ring is 1. The lowest BCUT2D eigenvalue weighted by Crippen LogP contribution is -2.45. The van der Waals surface area contributed by atoms with Crippen LogP contribution in [0.2, 0.25) is 0 Å². The van der Waals surface area contributed by atoms with Gasteiger partial charge in [-0.2, -0.15) is 0 Å². The molecule has 1 aromatic heterocycles. The molecular formula is C17H27N5O3. The first-order chi connectivity index (χ1) is 11.9. The second-order valence-electron chi connectivity index (χ2n) is 6.59. The first-order valence-corrected chi connectivity index (χ1v) is 8.57. The minimum absolute atomic E-state index is 0.0370. The van der Waals surface area contributed by atoms with E-state index in [2.05, 4.69) is 15.3 Å². The number of carbonyl (C=O) groups excluding carboxylic acids is 2. The molecule has 1 aromatic rings. The van der Waals surface area contributed by atoms with Crippen LogP contribution < -0.4 is 11.1 Å². The van der Waals surface area contributed by atoms with Gasteiger partial charge in [-0.05, 0) is 32.6 Å². The number of hydrogen-bond acceptors (Lipinski definition) is 6. The molecule has 1 unspecified atom stereocenters. The van der Waals surface area contributed by atoms with Crippen molar-refractivity contribution in [2.24, 2.45) is 5.92 Å². The second kappa shape index (κ2) is 8.75. The van der Waals surface area contributed by atoms with Gasteiger partial charge in [0.05, 0.1) is 6.10 Å². The van der Waals surface area contributed by atoms with Gasteiger partial charge in [-0.25, -0.2) is 9.97 Å². The van der Waals surface area contributed by atoms with Crippen molar-refractivity contribution in [3.05, 3.63) is 18.1 Å². The summed E-state index contributed by atoms with van der Waals surface area (Å²) in [5, 5.41) is 2.81. The Morgan fingerprint density at radius 3 is 2.56 bits per heavy atom. The van der Waals surface area contributed by atoms with Crippen LogP contribution in [-0.2, 0) is 9.53 Å². The Labute approximate surface area is 148 Å². The van der Waals surface area contributed by atoms with Gasteiger partial charge >= 0.3 is 0 Å². The number of aromatic nitrogens is 2. The molecule has 0 radical (unpaired) electrons. The lowest BCUT2D eigenvalue weighted by atomic mass is 9.86. The van der Waals surface area contributed by atoms with Gasteiger partial charge in [-0.3, -0.25) is 9.59 Å². The van der Waals surface area contributed by atoms with Crippen LogP contribution in [0.3, 0.4) is 0 Å². The molecule has 0 saturated heterocycles. The molecule has 0 spiro atoms. The first-order valence-electron chi connectivity index (χ1n) is 8.57. The van der Waals surface area contributed by atoms with Gasteiger partial charge in [0.15, 0.2) is 11.5 Å². The number of carbonyl (C=O) groups is 2. The van der Waals surface area contributed by atoms with E-state index in [1.165, 1.54) is 12.4 Å². The molecule has 2 rings (SSSR count). The smallest absolute Gasteiger partial charge is 0.273 e. The highest BCUT2D eigenvalue weighted by atomic mass is 16.5. The van der Waals surface area contributed by atoms with E-state index in [0.717, 1.165) is 25.7 Å². The van der Waals surface area contributed by atoms with Gasteiger partial charge in [0.1, 0.15) is 0 Å². The predicted octanol–water partition coefficient (Wildman–Crippen LogP) is 0.841. The number of anilines is 1. The Hall–Kier alpha value is -2.22. The third-order valence-corrected chi connectivity index (χ3v) is 4.60. The van der Waals surface area contributed by atoms with Crippen LogP contribution in [0.1, 0.15) is 43.1 Å². The van der Waals surface area contributed by atoms with Crippen molar-refractivity contribution < 1.29 is 14.3 Å². The molecule has 138 valence electrons. The van der Waals surface area contributed by atoms with Crippen LogP contribution in [0.5, 0.6) is 0 Å². The number of methoxy groups -OCH3 is 1. The zero-order valence-corrected chi connectivity index (χ0v) is 15.1. The fourth-order valence-corrected chi connectivity index (χ4v) is 3.22. The van der Waals surface area contributed by atoms with Crippen LogP contribution in [0, 0.1) is 5.92 Å². The summed E-state index contributed by atoms with van der Waals surface area (Å²) in [4.78, 5) is 34.2. The topological polar surface area (TPSA) is 110 Å². The monoisotopic (exact) mass is 349 g/mol. The molecule has 1 saturated carbocycles. The number of likely N-dealkylation sites (N-methyl/N-ethyl adjacent to an activating group) is 1. The van der Waals surface area contributed by atoms with Gasteiger partial charge in [-0.1, -0.05) is 0 Å². The summed E-state index contributed by atoms with van der Waals surface area (Å²) in [6.07, 6.45) is 6.64. The second-order valence-corrected chi connectivity index (χ2v) is 6.59. The van der Waals surface area contributed by atoms with Crippen LogP contribution in [-0.4, -0.2) is 59.5 Å². The summed E-state index contributed by atoms with van der Waals surface area (Å²) < 4.78 is 5.35. The van der Waals surface area contributed by atoms with Gasteiger partial charge in [-0.15, -0.1) is 0 Å². The molecule has 1 aliphatic carbocycles. The van der Waals surface area contributed by atoms with E-state index in [4.69, 9.17) is 10.5 Å². The quantitative estimate of drug-likeness (QED) is 0.787. The first kappa shape index (κ1) is 19.1. The normalized spacial score (nSPS) is 21.4. The Morgan fingerprint density at radius 1 is 1.32 bits per heavy atom. The Balaban J connectivity index is 1.83. The fourth-order valence-electron chi connectivity index (χ4n) is 3.22. The summed E-state index contributed by atoms with van der Waals surface area (Å²) in [6, 6.07) is -0.224. The third-order valence-electron chi connectivity index (χ3n) is 4.60. The molecule has 0 aliphatic heterocycles. The number of amides is 2. The summed E-state index contributed by atoms with van der Waals surface area (Å²) in [7, 11) is 3.48. The summed E-state index contributed by atoms with van der Waals surface area (Å²) in [5.74, 6) is -0.143. The molecule has 25 heavy (non-hydrogen) atoms. The average Bonchev–Trinajstić information content (AvgIpc) is 2.61. The zero-order chi connectivity index (χ0) is 18.4. The van der Waals surface area contributed by atoms with Crippen molar-refractivity contribution in [3.8, 4) is 0 Å². The summed E-state index contributed by atoms with van der Waals surface area (Å²) in [6.45, 7) is 2.27. The number of nitrogens with zero attached hydrogens (tertiary/aromatic N) is 3. The number of rotatable bonds is 6. The number of hydrogen-bond donors (Lipinski definition) is 2. The van der Waals surface area contributed by atoms with Crippen molar-refractivity contribution in [1.29, 1.82) is 0 Å². The molecule has 3 N–H and O–H groups in total. The minimum Gasteiger partial charge on any atom is -0.382 e. The van der Waals surface area contributed by atoms with E-state index in [-0.39, 0.29) is 41.4 Å². The zero-order valence-electron chi connectivity index (χ0n) is 15.1. The lowest BCUT2D eigenvalue weighted by Gasteiger charge is -2.31. The van der Waals surface area contributed by atoms with Crippen LogP contribution in [0.4, 0.5) is 5.82 Å². The van der Waals surface area contributed by atoms with Gasteiger partial charge < -0.3 is 20.7 Å². The van der Waals surface area contributed by atoms with Crippen LogP contribution in [0.15, 0.2) is 12.4 Å². The number of ether oxygens (including phenoxy) is 1. The molecule has 1 atom stereocenters. The molecule has 1 fully saturated rings. The summed E-state index contributed by atoms with van der Waals surface area (Å²) >= 11 is 0. The van der Waals surface area contributed by atoms with Gasteiger partial charge in [0, 0.05) is 45.1 Å². The van der Waals surface area contributed by atoms with Crippen LogP contribution in [0.25, 0.3) is 0 Å². The Bertz CT molecular complexity index is 602. The average molecular weight is 349 g/mol. The Morgan fingerprint density at radius 2 is 1.96 bits per heavy atom. The maximum Gasteiger partial charge on any atom is 0.273 e. The van der Waals surface area contributed by atoms with Gasteiger partial charge in [0.25, 0.3) is 5.91 Å². The molecule has 0 bridgehead atoms. The summed E-state index contributed by atoms with van der Waals surface area (Å²) in [5.41, 5.74) is 5.76. The SMILES string of the molecule is COC1CCC(C(=O)N(C)CC(C)NC(=O)c2nccnc2N)CC1. The van der Waals surface area contributed by atoms with Crippen molar-refractivity contribution in [3.63, 3.8) is 0 Å². The third kappa shape index (κ3) is 5.12. The molecular weight excluding hydrogens is 322 g/mol. The van der Waals surface area contributed by atoms with E-state index in [1.807, 2.05) is 6.92 Å². The molecule has 8 nitrogen and oxygen atoms in total. The number of nitrogens with two attached hydrogens (primary N) is 1. The highest BCUT2D eigenvalue weighted by molar-refractivity contribution is 5.96. The van der Waals surface area contributed by atoms with Crippen molar-refractivity contribution >= 4 is 17.6 Å². The Kier molecular flexibility index (Phi) is 6.69. The van der Waals surface area contributed by atoms with E-state index in [1.54, 1.807) is 19.1 Å². The van der Waals surface area contributed by atoms with E-state index < -0.39 is 0 Å². The van der Waals surface area contributed by atoms with E-state index in [9.17, 15) is 9.59 Å². The maximum atomic E-state index is 12.6. The van der Waals surface area contributed by atoms with Crippen LogP contribution >= 0.6 is 0 Å². The largest absolute Gasteiger partial charge is 0.382 e. The maximum absolute atomic E-state index is 12.6.